The van der Waals surface area contributed by atoms with E-state index in [9.17, 15) is 14.7 Å². The molecule has 244 valence electrons. The summed E-state index contributed by atoms with van der Waals surface area (Å²) in [5.74, 6) is 0.703. The third-order valence-electron chi connectivity index (χ3n) is 9.10. The molecule has 2 amide bonds. The van der Waals surface area contributed by atoms with Crippen LogP contribution in [0.1, 0.15) is 94.8 Å². The van der Waals surface area contributed by atoms with Crippen molar-refractivity contribution in [3.63, 3.8) is 0 Å². The van der Waals surface area contributed by atoms with Crippen LogP contribution < -0.4 is 10.6 Å². The van der Waals surface area contributed by atoms with E-state index in [-0.39, 0.29) is 42.9 Å². The van der Waals surface area contributed by atoms with Crippen LogP contribution in [0.5, 0.6) is 0 Å². The molecule has 3 fully saturated rings. The van der Waals surface area contributed by atoms with Gasteiger partial charge in [-0.3, -0.25) is 15.0 Å². The van der Waals surface area contributed by atoms with Crippen molar-refractivity contribution in [2.24, 2.45) is 5.92 Å². The van der Waals surface area contributed by atoms with Gasteiger partial charge in [-0.05, 0) is 75.6 Å². The number of ether oxygens (including phenoxy) is 3. The first-order chi connectivity index (χ1) is 21.6. The molecule has 9 nitrogen and oxygen atoms in total. The van der Waals surface area contributed by atoms with Crippen LogP contribution in [0.2, 0.25) is 0 Å². The van der Waals surface area contributed by atoms with Crippen molar-refractivity contribution in [2.75, 3.05) is 18.5 Å². The van der Waals surface area contributed by atoms with E-state index in [4.69, 9.17) is 14.2 Å². The molecule has 2 aromatic carbocycles. The first kappa shape index (κ1) is 33.1. The van der Waals surface area contributed by atoms with Crippen molar-refractivity contribution in [3.8, 4) is 0 Å². The number of carbonyl (C=O) groups excluding carboxylic acids is 2. The topological polar surface area (TPSA) is 109 Å². The van der Waals surface area contributed by atoms with Crippen LogP contribution in [-0.4, -0.2) is 58.9 Å². The number of nitrogens with zero attached hydrogens (tertiary/aromatic N) is 1. The molecule has 0 bridgehead atoms. The average Bonchev–Trinajstić information content (AvgIpc) is 3.03. The van der Waals surface area contributed by atoms with Crippen molar-refractivity contribution >= 4 is 17.7 Å². The number of amides is 2. The number of hydrogen-bond donors (Lipinski definition) is 3. The quantitative estimate of drug-likeness (QED) is 0.279. The third kappa shape index (κ3) is 8.73. The Morgan fingerprint density at radius 1 is 1.00 bits per heavy atom. The molecule has 2 aromatic rings. The second-order valence-electron chi connectivity index (χ2n) is 13.6. The SMILES string of the molecule is C=CCOC(=O)Nc1ccc([C@@H]2O[C@H](CN3[C@@H](C(=O)NC(C)(C)C)CC[C@H]4CCCC[C@H]43)C[C@H](c3ccc(CO)cc3)O2)cc1. The Balaban J connectivity index is 1.39. The molecule has 0 spiro atoms. The molecule has 0 aromatic heterocycles. The minimum Gasteiger partial charge on any atom is -0.445 e. The van der Waals surface area contributed by atoms with Crippen molar-refractivity contribution in [3.05, 3.63) is 77.9 Å². The molecule has 2 saturated heterocycles. The lowest BCUT2D eigenvalue weighted by atomic mass is 9.75. The number of piperidine rings is 1. The molecule has 9 heteroatoms. The van der Waals surface area contributed by atoms with Crippen molar-refractivity contribution < 1.29 is 28.9 Å². The highest BCUT2D eigenvalue weighted by Crippen LogP contribution is 2.42. The number of carbonyl (C=O) groups is 2. The molecule has 3 N–H and O–H groups in total. The molecular formula is C36H49N3O6. The van der Waals surface area contributed by atoms with Crippen molar-refractivity contribution in [1.29, 1.82) is 0 Å². The first-order valence-corrected chi connectivity index (χ1v) is 16.4. The van der Waals surface area contributed by atoms with Crippen molar-refractivity contribution in [1.82, 2.24) is 10.2 Å². The number of aliphatic hydroxyl groups excluding tert-OH is 1. The number of likely N-dealkylation sites (tertiary alicyclic amines) is 1. The zero-order valence-electron chi connectivity index (χ0n) is 26.9. The summed E-state index contributed by atoms with van der Waals surface area (Å²) < 4.78 is 18.3. The van der Waals surface area contributed by atoms with Crippen LogP contribution >= 0.6 is 0 Å². The number of aliphatic hydroxyl groups is 1. The van der Waals surface area contributed by atoms with E-state index in [1.165, 1.54) is 25.3 Å². The molecule has 2 heterocycles. The molecule has 1 aliphatic carbocycles. The smallest absolute Gasteiger partial charge is 0.411 e. The predicted molar refractivity (Wildman–Crippen MR) is 173 cm³/mol. The highest BCUT2D eigenvalue weighted by atomic mass is 16.7. The fraction of sp³-hybridized carbons (Fsp3) is 0.556. The first-order valence-electron chi connectivity index (χ1n) is 16.4. The maximum Gasteiger partial charge on any atom is 0.411 e. The Bertz CT molecular complexity index is 1290. The molecule has 3 aliphatic rings. The number of fused-ring (bicyclic) bond motifs is 1. The lowest BCUT2D eigenvalue weighted by Crippen LogP contribution is -2.61. The minimum absolute atomic E-state index is 0.0167. The lowest BCUT2D eigenvalue weighted by molar-refractivity contribution is -0.255. The number of anilines is 1. The molecule has 1 saturated carbocycles. The summed E-state index contributed by atoms with van der Waals surface area (Å²) >= 11 is 0. The van der Waals surface area contributed by atoms with Crippen LogP contribution in [0, 0.1) is 5.92 Å². The second kappa shape index (κ2) is 14.9. The van der Waals surface area contributed by atoms with E-state index in [2.05, 4.69) is 22.1 Å². The van der Waals surface area contributed by atoms with E-state index >= 15 is 0 Å². The highest BCUT2D eigenvalue weighted by molar-refractivity contribution is 5.84. The average molecular weight is 620 g/mol. The maximum absolute atomic E-state index is 13.7. The Labute approximate surface area is 267 Å². The molecule has 0 unspecified atom stereocenters. The van der Waals surface area contributed by atoms with Crippen LogP contribution in [0.15, 0.2) is 61.2 Å². The maximum atomic E-state index is 13.7. The fourth-order valence-electron chi connectivity index (χ4n) is 7.01. The zero-order valence-corrected chi connectivity index (χ0v) is 26.9. The van der Waals surface area contributed by atoms with Gasteiger partial charge in [-0.25, -0.2) is 4.79 Å². The molecule has 6 atom stereocenters. The van der Waals surface area contributed by atoms with Crippen LogP contribution in [-0.2, 0) is 25.6 Å². The fourth-order valence-corrected chi connectivity index (χ4v) is 7.01. The van der Waals surface area contributed by atoms with Crippen molar-refractivity contribution in [2.45, 2.75) is 108 Å². The Morgan fingerprint density at radius 2 is 1.71 bits per heavy atom. The minimum atomic E-state index is -0.637. The van der Waals surface area contributed by atoms with Gasteiger partial charge in [-0.2, -0.15) is 0 Å². The molecular weight excluding hydrogens is 570 g/mol. The summed E-state index contributed by atoms with van der Waals surface area (Å²) in [6, 6.07) is 15.4. The van der Waals surface area contributed by atoms with E-state index in [0.29, 0.717) is 30.6 Å². The van der Waals surface area contributed by atoms with Gasteiger partial charge < -0.3 is 24.6 Å². The number of rotatable bonds is 9. The highest BCUT2D eigenvalue weighted by Gasteiger charge is 2.44. The van der Waals surface area contributed by atoms with Gasteiger partial charge >= 0.3 is 6.09 Å². The molecule has 45 heavy (non-hydrogen) atoms. The van der Waals surface area contributed by atoms with Crippen LogP contribution in [0.25, 0.3) is 0 Å². The Kier molecular flexibility index (Phi) is 11.0. The summed E-state index contributed by atoms with van der Waals surface area (Å²) in [6.07, 6.45) is 7.26. The predicted octanol–water partition coefficient (Wildman–Crippen LogP) is 6.40. The number of benzene rings is 2. The van der Waals surface area contributed by atoms with Gasteiger partial charge in [0.15, 0.2) is 6.29 Å². The molecule has 5 rings (SSSR count). The lowest BCUT2D eigenvalue weighted by Gasteiger charge is -2.50. The normalized spacial score (nSPS) is 27.2. The largest absolute Gasteiger partial charge is 0.445 e. The summed E-state index contributed by atoms with van der Waals surface area (Å²) in [4.78, 5) is 28.1. The summed E-state index contributed by atoms with van der Waals surface area (Å²) in [7, 11) is 0. The van der Waals surface area contributed by atoms with Gasteiger partial charge in [0.05, 0.1) is 24.9 Å². The van der Waals surface area contributed by atoms with Gasteiger partial charge in [0.25, 0.3) is 0 Å². The van der Waals surface area contributed by atoms with E-state index in [1.807, 2.05) is 57.2 Å². The molecule has 2 aliphatic heterocycles. The van der Waals surface area contributed by atoms with Gasteiger partial charge in [0.1, 0.15) is 6.61 Å². The second-order valence-corrected chi connectivity index (χ2v) is 13.6. The zero-order chi connectivity index (χ0) is 32.0. The third-order valence-corrected chi connectivity index (χ3v) is 9.10. The molecule has 0 radical (unpaired) electrons. The van der Waals surface area contributed by atoms with Gasteiger partial charge in [-0.15, -0.1) is 0 Å². The van der Waals surface area contributed by atoms with E-state index < -0.39 is 12.4 Å². The van der Waals surface area contributed by atoms with Crippen LogP contribution in [0.4, 0.5) is 10.5 Å². The van der Waals surface area contributed by atoms with Gasteiger partial charge in [-0.1, -0.05) is 61.9 Å². The number of nitrogens with one attached hydrogen (secondary N) is 2. The summed E-state index contributed by atoms with van der Waals surface area (Å²) in [5.41, 5.74) is 2.99. The Morgan fingerprint density at radius 3 is 2.40 bits per heavy atom. The Hall–Kier alpha value is -3.24. The van der Waals surface area contributed by atoms with Crippen LogP contribution in [0.3, 0.4) is 0 Å². The number of hydrogen-bond acceptors (Lipinski definition) is 7. The standard InChI is InChI=1S/C36H49N3O6/c1-5-20-43-35(42)37-28-17-14-27(15-18-28)34-44-29(21-32(45-34)26-12-10-24(23-40)11-13-26)22-39-30-9-7-6-8-25(30)16-19-31(39)33(41)38-36(2,3)4/h5,10-15,17-18,25,29-32,34,40H,1,6-9,16,19-23H2,2-4H3,(H,37,42)(H,38,41)/t25-,29+,30-,31-,32-,34-/m1/s1. The van der Waals surface area contributed by atoms with E-state index in [1.54, 1.807) is 12.1 Å². The monoisotopic (exact) mass is 619 g/mol. The van der Waals surface area contributed by atoms with Gasteiger partial charge in [0.2, 0.25) is 5.91 Å². The summed E-state index contributed by atoms with van der Waals surface area (Å²) in [6.45, 7) is 10.4. The van der Waals surface area contributed by atoms with E-state index in [0.717, 1.165) is 36.0 Å². The van der Waals surface area contributed by atoms with Gasteiger partial charge in [0, 0.05) is 35.8 Å². The summed E-state index contributed by atoms with van der Waals surface area (Å²) in [5, 5.41) is 15.5.